The molecule has 0 fully saturated rings. The zero-order valence-corrected chi connectivity index (χ0v) is 13.4. The SMILES string of the molecule is Cc1cc(CNC(=O)c2sc3ccccc3c2Cl)ccc1F. The lowest BCUT2D eigenvalue weighted by Gasteiger charge is -2.06. The summed E-state index contributed by atoms with van der Waals surface area (Å²) in [6.45, 7) is 2.04. The largest absolute Gasteiger partial charge is 0.347 e. The summed E-state index contributed by atoms with van der Waals surface area (Å²) in [5.74, 6) is -0.462. The number of amides is 1. The number of carbonyl (C=O) groups excluding carboxylic acids is 1. The Hall–Kier alpha value is -1.91. The van der Waals surface area contributed by atoms with Gasteiger partial charge in [0, 0.05) is 16.6 Å². The van der Waals surface area contributed by atoms with Crippen LogP contribution in [0.3, 0.4) is 0 Å². The molecular weight excluding hydrogens is 321 g/mol. The maximum absolute atomic E-state index is 13.2. The molecule has 0 atom stereocenters. The van der Waals surface area contributed by atoms with E-state index in [0.717, 1.165) is 15.6 Å². The highest BCUT2D eigenvalue weighted by molar-refractivity contribution is 7.21. The average molecular weight is 334 g/mol. The van der Waals surface area contributed by atoms with Crippen molar-refractivity contribution in [3.63, 3.8) is 0 Å². The molecule has 1 aromatic heterocycles. The lowest BCUT2D eigenvalue weighted by Crippen LogP contribution is -2.22. The summed E-state index contributed by atoms with van der Waals surface area (Å²) in [6.07, 6.45) is 0. The van der Waals surface area contributed by atoms with Gasteiger partial charge in [0.15, 0.2) is 0 Å². The van der Waals surface area contributed by atoms with Gasteiger partial charge in [-0.3, -0.25) is 4.79 Å². The fourth-order valence-corrected chi connectivity index (χ4v) is 3.67. The molecule has 2 nitrogen and oxygen atoms in total. The molecule has 3 aromatic rings. The van der Waals surface area contributed by atoms with Gasteiger partial charge in [-0.25, -0.2) is 4.39 Å². The summed E-state index contributed by atoms with van der Waals surface area (Å²) in [5, 5.41) is 4.19. The first-order valence-corrected chi connectivity index (χ1v) is 7.96. The topological polar surface area (TPSA) is 29.1 Å². The smallest absolute Gasteiger partial charge is 0.263 e. The summed E-state index contributed by atoms with van der Waals surface area (Å²) in [5.41, 5.74) is 1.41. The fourth-order valence-electron chi connectivity index (χ4n) is 2.24. The van der Waals surface area contributed by atoms with E-state index in [2.05, 4.69) is 5.32 Å². The second kappa shape index (κ2) is 6.07. The van der Waals surface area contributed by atoms with Crippen LogP contribution in [0.1, 0.15) is 20.8 Å². The number of thiophene rings is 1. The zero-order valence-electron chi connectivity index (χ0n) is 11.8. The number of carbonyl (C=O) groups is 1. The first-order chi connectivity index (χ1) is 10.6. The molecule has 0 saturated carbocycles. The first-order valence-electron chi connectivity index (χ1n) is 6.76. The van der Waals surface area contributed by atoms with E-state index in [9.17, 15) is 9.18 Å². The third kappa shape index (κ3) is 2.85. The molecule has 0 bridgehead atoms. The fraction of sp³-hybridized carbons (Fsp3) is 0.118. The van der Waals surface area contributed by atoms with Crippen LogP contribution in [0.2, 0.25) is 5.02 Å². The highest BCUT2D eigenvalue weighted by atomic mass is 35.5. The van der Waals surface area contributed by atoms with Crippen molar-refractivity contribution in [2.45, 2.75) is 13.5 Å². The maximum atomic E-state index is 13.2. The third-order valence-electron chi connectivity index (χ3n) is 3.42. The van der Waals surface area contributed by atoms with Crippen LogP contribution in [0.5, 0.6) is 0 Å². The van der Waals surface area contributed by atoms with E-state index < -0.39 is 0 Å². The van der Waals surface area contributed by atoms with Gasteiger partial charge in [-0.15, -0.1) is 11.3 Å². The van der Waals surface area contributed by atoms with E-state index >= 15 is 0 Å². The first kappa shape index (κ1) is 15.0. The van der Waals surface area contributed by atoms with Crippen molar-refractivity contribution in [1.82, 2.24) is 5.32 Å². The molecule has 112 valence electrons. The summed E-state index contributed by atoms with van der Waals surface area (Å²) in [4.78, 5) is 12.8. The van der Waals surface area contributed by atoms with Crippen molar-refractivity contribution in [3.05, 3.63) is 69.3 Å². The molecule has 1 amide bonds. The molecule has 0 radical (unpaired) electrons. The van der Waals surface area contributed by atoms with E-state index in [-0.39, 0.29) is 11.7 Å². The Morgan fingerprint density at radius 3 is 2.77 bits per heavy atom. The van der Waals surface area contributed by atoms with E-state index in [0.29, 0.717) is 22.0 Å². The number of benzene rings is 2. The van der Waals surface area contributed by atoms with Crippen LogP contribution in [0.15, 0.2) is 42.5 Å². The molecule has 1 N–H and O–H groups in total. The number of halogens is 2. The molecule has 5 heteroatoms. The Balaban J connectivity index is 1.78. The summed E-state index contributed by atoms with van der Waals surface area (Å²) < 4.78 is 14.2. The second-order valence-corrected chi connectivity index (χ2v) is 6.44. The van der Waals surface area contributed by atoms with Crippen molar-refractivity contribution in [1.29, 1.82) is 0 Å². The molecule has 0 aliphatic carbocycles. The average Bonchev–Trinajstić information content (AvgIpc) is 2.86. The highest BCUT2D eigenvalue weighted by Crippen LogP contribution is 2.34. The zero-order chi connectivity index (χ0) is 15.7. The summed E-state index contributed by atoms with van der Waals surface area (Å²) >= 11 is 7.65. The number of fused-ring (bicyclic) bond motifs is 1. The van der Waals surface area contributed by atoms with Crippen LogP contribution < -0.4 is 5.32 Å². The summed E-state index contributed by atoms with van der Waals surface area (Å²) in [6, 6.07) is 12.4. The maximum Gasteiger partial charge on any atom is 0.263 e. The molecule has 3 rings (SSSR count). The molecule has 1 heterocycles. The molecule has 0 aliphatic rings. The quantitative estimate of drug-likeness (QED) is 0.723. The summed E-state index contributed by atoms with van der Waals surface area (Å²) in [7, 11) is 0. The van der Waals surface area contributed by atoms with E-state index in [4.69, 9.17) is 11.6 Å². The van der Waals surface area contributed by atoms with Crippen molar-refractivity contribution in [2.24, 2.45) is 0 Å². The van der Waals surface area contributed by atoms with Gasteiger partial charge in [-0.1, -0.05) is 41.9 Å². The van der Waals surface area contributed by atoms with Gasteiger partial charge >= 0.3 is 0 Å². The highest BCUT2D eigenvalue weighted by Gasteiger charge is 2.16. The van der Waals surface area contributed by atoms with E-state index in [1.54, 1.807) is 19.1 Å². The Labute approximate surface area is 136 Å². The van der Waals surface area contributed by atoms with E-state index in [1.807, 2.05) is 24.3 Å². The van der Waals surface area contributed by atoms with E-state index in [1.165, 1.54) is 17.4 Å². The number of hydrogen-bond acceptors (Lipinski definition) is 2. The number of nitrogens with one attached hydrogen (secondary N) is 1. The minimum absolute atomic E-state index is 0.215. The van der Waals surface area contributed by atoms with Crippen LogP contribution in [-0.4, -0.2) is 5.91 Å². The number of aryl methyl sites for hydroxylation is 1. The minimum atomic E-state index is -0.248. The lowest BCUT2D eigenvalue weighted by molar-refractivity contribution is 0.0955. The molecule has 0 saturated heterocycles. The van der Waals surface area contributed by atoms with Crippen LogP contribution >= 0.6 is 22.9 Å². The van der Waals surface area contributed by atoms with Gasteiger partial charge in [0.2, 0.25) is 0 Å². The lowest BCUT2D eigenvalue weighted by atomic mass is 10.1. The number of rotatable bonds is 3. The van der Waals surface area contributed by atoms with Crippen molar-refractivity contribution in [2.75, 3.05) is 0 Å². The van der Waals surface area contributed by atoms with Gasteiger partial charge in [-0.05, 0) is 30.2 Å². The van der Waals surface area contributed by atoms with Crippen molar-refractivity contribution >= 4 is 38.9 Å². The van der Waals surface area contributed by atoms with Crippen LogP contribution in [-0.2, 0) is 6.54 Å². The molecule has 2 aromatic carbocycles. The Morgan fingerprint density at radius 1 is 1.27 bits per heavy atom. The Kier molecular flexibility index (Phi) is 4.14. The van der Waals surface area contributed by atoms with Crippen molar-refractivity contribution in [3.8, 4) is 0 Å². The number of hydrogen-bond donors (Lipinski definition) is 1. The van der Waals surface area contributed by atoms with Gasteiger partial charge in [-0.2, -0.15) is 0 Å². The molecule has 22 heavy (non-hydrogen) atoms. The predicted molar refractivity (Wildman–Crippen MR) is 89.1 cm³/mol. The second-order valence-electron chi connectivity index (χ2n) is 5.01. The normalized spacial score (nSPS) is 10.9. The monoisotopic (exact) mass is 333 g/mol. The third-order valence-corrected chi connectivity index (χ3v) is 5.09. The van der Waals surface area contributed by atoms with Crippen LogP contribution in [0.4, 0.5) is 4.39 Å². The predicted octanol–water partition coefficient (Wildman–Crippen LogP) is 4.93. The standard InChI is InChI=1S/C17H13ClFNOS/c1-10-8-11(6-7-13(10)19)9-20-17(21)16-15(18)12-4-2-3-5-14(12)22-16/h2-8H,9H2,1H3,(H,20,21). The molecule has 0 unspecified atom stereocenters. The molecule has 0 spiro atoms. The van der Waals surface area contributed by atoms with Gasteiger partial charge < -0.3 is 5.32 Å². The minimum Gasteiger partial charge on any atom is -0.347 e. The van der Waals surface area contributed by atoms with Gasteiger partial charge in [0.25, 0.3) is 5.91 Å². The molecular formula is C17H13ClFNOS. The Bertz CT molecular complexity index is 859. The van der Waals surface area contributed by atoms with Crippen LogP contribution in [0.25, 0.3) is 10.1 Å². The van der Waals surface area contributed by atoms with Crippen LogP contribution in [0, 0.1) is 12.7 Å². The molecule has 0 aliphatic heterocycles. The van der Waals surface area contributed by atoms with Crippen molar-refractivity contribution < 1.29 is 9.18 Å². The van der Waals surface area contributed by atoms with Gasteiger partial charge in [0.1, 0.15) is 10.7 Å². The van der Waals surface area contributed by atoms with Gasteiger partial charge in [0.05, 0.1) is 5.02 Å². The Morgan fingerprint density at radius 2 is 2.05 bits per heavy atom.